The first-order valence-electron chi connectivity index (χ1n) is 10.2. The maximum Gasteiger partial charge on any atom is 0.272 e. The van der Waals surface area contributed by atoms with Crippen molar-refractivity contribution in [2.75, 3.05) is 13.1 Å². The SMILES string of the molecule is Cc1ccc(S(=O)(=O)N2C[C@@H](C(C)C)[B-]3(N[C@@H](C)C(=O)O3)[C@H](C(C)C)C2)cc1. The number of carbonyl (C=O) groups excluding carboxylic acids is 1. The molecule has 2 heterocycles. The molecule has 1 spiro atoms. The molecule has 0 amide bonds. The van der Waals surface area contributed by atoms with E-state index in [2.05, 4.69) is 32.9 Å². The molecule has 0 radical (unpaired) electrons. The highest BCUT2D eigenvalue weighted by Gasteiger charge is 2.55. The molecule has 0 unspecified atom stereocenters. The summed E-state index contributed by atoms with van der Waals surface area (Å²) in [5.74, 6) is -0.0394. The number of hydrogen-bond donors (Lipinski definition) is 1. The molecule has 6 nitrogen and oxygen atoms in total. The van der Waals surface area contributed by atoms with Crippen molar-refractivity contribution >= 4 is 22.5 Å². The number of hydrogen-bond acceptors (Lipinski definition) is 5. The average molecular weight is 407 g/mol. The molecule has 3 rings (SSSR count). The smallest absolute Gasteiger partial charge is 0.272 e. The van der Waals surface area contributed by atoms with Crippen LogP contribution in [-0.4, -0.2) is 44.3 Å². The molecule has 0 aliphatic carbocycles. The van der Waals surface area contributed by atoms with E-state index in [-0.39, 0.29) is 35.5 Å². The molecule has 2 fully saturated rings. The predicted octanol–water partition coefficient (Wildman–Crippen LogP) is 3.03. The van der Waals surface area contributed by atoms with Gasteiger partial charge in [0.15, 0.2) is 0 Å². The van der Waals surface area contributed by atoms with Crippen molar-refractivity contribution in [3.8, 4) is 0 Å². The Bertz CT molecular complexity index is 820. The van der Waals surface area contributed by atoms with Gasteiger partial charge in [0.25, 0.3) is 5.97 Å². The molecule has 3 atom stereocenters. The van der Waals surface area contributed by atoms with Crippen molar-refractivity contribution in [2.24, 2.45) is 11.8 Å². The van der Waals surface area contributed by atoms with E-state index in [1.54, 1.807) is 16.4 Å². The molecule has 8 heteroatoms. The summed E-state index contributed by atoms with van der Waals surface area (Å²) in [7, 11) is -3.61. The van der Waals surface area contributed by atoms with Gasteiger partial charge in [-0.25, -0.2) is 12.7 Å². The summed E-state index contributed by atoms with van der Waals surface area (Å²) in [6, 6.07) is 6.63. The lowest BCUT2D eigenvalue weighted by atomic mass is 9.30. The Morgan fingerprint density at radius 2 is 1.57 bits per heavy atom. The number of benzene rings is 1. The fourth-order valence-corrected chi connectivity index (χ4v) is 6.52. The third-order valence-electron chi connectivity index (χ3n) is 6.65. The maximum absolute atomic E-state index is 13.4. The Balaban J connectivity index is 2.02. The van der Waals surface area contributed by atoms with Crippen molar-refractivity contribution in [1.82, 2.24) is 9.53 Å². The van der Waals surface area contributed by atoms with Gasteiger partial charge in [0.05, 0.1) is 10.9 Å². The number of sulfonamides is 1. The maximum atomic E-state index is 13.4. The Morgan fingerprint density at radius 1 is 1.07 bits per heavy atom. The molecule has 1 aromatic rings. The van der Waals surface area contributed by atoms with Crippen LogP contribution in [0.3, 0.4) is 0 Å². The number of carbonyl (C=O) groups is 1. The predicted molar refractivity (Wildman–Crippen MR) is 112 cm³/mol. The van der Waals surface area contributed by atoms with E-state index in [0.29, 0.717) is 18.0 Å². The van der Waals surface area contributed by atoms with Gasteiger partial charge in [0, 0.05) is 0 Å². The van der Waals surface area contributed by atoms with Gasteiger partial charge in [-0.15, -0.1) is 0 Å². The van der Waals surface area contributed by atoms with Crippen LogP contribution in [-0.2, 0) is 19.5 Å². The van der Waals surface area contributed by atoms with E-state index < -0.39 is 16.5 Å². The van der Waals surface area contributed by atoms with Crippen molar-refractivity contribution in [3.05, 3.63) is 29.8 Å². The van der Waals surface area contributed by atoms with Gasteiger partial charge in [-0.3, -0.25) is 4.79 Å². The van der Waals surface area contributed by atoms with E-state index in [1.165, 1.54) is 0 Å². The minimum absolute atomic E-state index is 0.0738. The zero-order chi connectivity index (χ0) is 20.9. The second-order valence-corrected chi connectivity index (χ2v) is 11.1. The largest absolute Gasteiger partial charge is 0.673 e. The third kappa shape index (κ3) is 3.50. The first-order chi connectivity index (χ1) is 13.0. The van der Waals surface area contributed by atoms with Crippen molar-refractivity contribution in [2.45, 2.75) is 64.1 Å². The molecule has 28 heavy (non-hydrogen) atoms. The number of nitrogens with one attached hydrogen (secondary N) is 1. The first kappa shape index (κ1) is 21.3. The summed E-state index contributed by atoms with van der Waals surface area (Å²) in [6.45, 7) is 11.1. The van der Waals surface area contributed by atoms with Gasteiger partial charge in [0.1, 0.15) is 0 Å². The van der Waals surface area contributed by atoms with E-state index >= 15 is 0 Å². The average Bonchev–Trinajstić information content (AvgIpc) is 2.89. The minimum Gasteiger partial charge on any atom is -0.673 e. The molecule has 156 valence electrons. The second kappa shape index (κ2) is 7.46. The fourth-order valence-electron chi connectivity index (χ4n) is 5.01. The zero-order valence-electron chi connectivity index (χ0n) is 17.7. The Hall–Kier alpha value is -1.38. The zero-order valence-corrected chi connectivity index (χ0v) is 18.5. The Kier molecular flexibility index (Phi) is 5.69. The topological polar surface area (TPSA) is 75.7 Å². The fraction of sp³-hybridized carbons (Fsp3) is 0.650. The van der Waals surface area contributed by atoms with Crippen LogP contribution in [0.1, 0.15) is 40.2 Å². The molecule has 1 N–H and O–H groups in total. The van der Waals surface area contributed by atoms with Crippen LogP contribution >= 0.6 is 0 Å². The molecule has 0 aromatic heterocycles. The molecule has 2 aliphatic heterocycles. The Labute approximate surface area is 169 Å². The first-order valence-corrected chi connectivity index (χ1v) is 11.7. The van der Waals surface area contributed by atoms with Crippen LogP contribution in [0, 0.1) is 18.8 Å². The summed E-state index contributed by atoms with van der Waals surface area (Å²) < 4.78 is 34.4. The summed E-state index contributed by atoms with van der Waals surface area (Å²) >= 11 is 0. The third-order valence-corrected chi connectivity index (χ3v) is 8.49. The molecule has 1 aromatic carbocycles. The molecular formula is C20H32BN2O4S-. The lowest BCUT2D eigenvalue weighted by Gasteiger charge is -2.57. The summed E-state index contributed by atoms with van der Waals surface area (Å²) in [6.07, 6.45) is 0. The highest BCUT2D eigenvalue weighted by Crippen LogP contribution is 2.48. The van der Waals surface area contributed by atoms with Crippen LogP contribution in [0.4, 0.5) is 0 Å². The van der Waals surface area contributed by atoms with Gasteiger partial charge < -0.3 is 9.88 Å². The number of rotatable bonds is 4. The van der Waals surface area contributed by atoms with Gasteiger partial charge in [0.2, 0.25) is 16.5 Å². The summed E-state index contributed by atoms with van der Waals surface area (Å²) in [4.78, 5) is 12.6. The van der Waals surface area contributed by atoms with Crippen LogP contribution in [0.15, 0.2) is 29.2 Å². The van der Waals surface area contributed by atoms with Crippen LogP contribution < -0.4 is 5.23 Å². The van der Waals surface area contributed by atoms with Crippen LogP contribution in [0.2, 0.25) is 11.6 Å². The normalized spacial score (nSPS) is 28.3. The van der Waals surface area contributed by atoms with Gasteiger partial charge in [-0.05, 0) is 39.1 Å². The van der Waals surface area contributed by atoms with Crippen LogP contribution in [0.25, 0.3) is 0 Å². The minimum atomic E-state index is -3.61. The molecule has 2 saturated heterocycles. The summed E-state index contributed by atoms with van der Waals surface area (Å²) in [5.41, 5.74) is 1.02. The van der Waals surface area contributed by atoms with E-state index in [4.69, 9.17) is 4.65 Å². The quantitative estimate of drug-likeness (QED) is 0.777. The van der Waals surface area contributed by atoms with Gasteiger partial charge in [-0.2, -0.15) is 0 Å². The number of aryl methyl sites for hydroxylation is 1. The van der Waals surface area contributed by atoms with E-state index in [1.807, 2.05) is 26.0 Å². The van der Waals surface area contributed by atoms with Gasteiger partial charge >= 0.3 is 0 Å². The van der Waals surface area contributed by atoms with Gasteiger partial charge in [-0.1, -0.05) is 68.9 Å². The van der Waals surface area contributed by atoms with Crippen molar-refractivity contribution in [1.29, 1.82) is 0 Å². The number of nitrogens with zero attached hydrogens (tertiary/aromatic N) is 1. The monoisotopic (exact) mass is 407 g/mol. The Morgan fingerprint density at radius 3 is 1.96 bits per heavy atom. The molecule has 0 bridgehead atoms. The van der Waals surface area contributed by atoms with Crippen molar-refractivity contribution in [3.63, 3.8) is 0 Å². The van der Waals surface area contributed by atoms with Crippen molar-refractivity contribution < 1.29 is 17.9 Å². The highest BCUT2D eigenvalue weighted by molar-refractivity contribution is 7.89. The van der Waals surface area contributed by atoms with E-state index in [9.17, 15) is 13.2 Å². The molecule has 0 saturated carbocycles. The summed E-state index contributed by atoms with van der Waals surface area (Å²) in [5, 5.41) is 3.47. The molecular weight excluding hydrogens is 375 g/mol. The second-order valence-electron chi connectivity index (χ2n) is 9.19. The highest BCUT2D eigenvalue weighted by atomic mass is 32.2. The lowest BCUT2D eigenvalue weighted by molar-refractivity contribution is -0.134. The standard InChI is InChI=1S/C20H32BN2O4S/c1-13(2)18-11-23(28(25,26)17-9-7-15(5)8-10-17)12-19(14(3)4)21(18)22-16(6)20(24)27-21/h7-10,13-14,16,18-19,22H,11-12H2,1-6H3/q-1/t16-,18-,19-/m0/s1. The van der Waals surface area contributed by atoms with E-state index in [0.717, 1.165) is 5.56 Å². The lowest BCUT2D eigenvalue weighted by Crippen LogP contribution is -2.67. The van der Waals surface area contributed by atoms with Crippen LogP contribution in [0.5, 0.6) is 0 Å². The molecule has 2 aliphatic rings.